The fourth-order valence-electron chi connectivity index (χ4n) is 4.44. The predicted molar refractivity (Wildman–Crippen MR) is 126 cm³/mol. The van der Waals surface area contributed by atoms with Crippen molar-refractivity contribution in [2.45, 2.75) is 75.3 Å². The number of amides is 1. The highest BCUT2D eigenvalue weighted by atomic mass is 35.5. The maximum absolute atomic E-state index is 13.0. The molecule has 1 aromatic carbocycles. The standard InChI is InChI=1S/C22H28ClN3O4S2/c1-13-20(31-22(24-13)25-21(28)14-4-2-3-5-14)15-6-11-18(23)19(12-15)32(29,30)26-16-7-9-17(27)10-8-16/h6,11-12,14,16-17,26-27H,2-5,7-10H2,1H3,(H,24,25,28). The molecule has 1 heterocycles. The zero-order valence-corrected chi connectivity index (χ0v) is 20.3. The second-order valence-electron chi connectivity index (χ2n) is 8.68. The van der Waals surface area contributed by atoms with E-state index in [1.807, 2.05) is 6.92 Å². The minimum Gasteiger partial charge on any atom is -0.393 e. The van der Waals surface area contributed by atoms with Gasteiger partial charge in [0.15, 0.2) is 5.13 Å². The number of nitrogens with one attached hydrogen (secondary N) is 2. The summed E-state index contributed by atoms with van der Waals surface area (Å²) in [6.45, 7) is 1.84. The number of aromatic nitrogens is 1. The number of rotatable bonds is 6. The minimum atomic E-state index is -3.82. The first-order chi connectivity index (χ1) is 15.2. The third-order valence-corrected chi connectivity index (χ3v) is 9.38. The molecule has 0 spiro atoms. The van der Waals surface area contributed by atoms with E-state index >= 15 is 0 Å². The first-order valence-corrected chi connectivity index (χ1v) is 13.7. The van der Waals surface area contributed by atoms with Crippen LogP contribution in [0.3, 0.4) is 0 Å². The molecule has 2 aromatic rings. The van der Waals surface area contributed by atoms with Crippen LogP contribution in [0, 0.1) is 12.8 Å². The van der Waals surface area contributed by atoms with Crippen LogP contribution in [-0.2, 0) is 14.8 Å². The van der Waals surface area contributed by atoms with Gasteiger partial charge in [0, 0.05) is 12.0 Å². The third kappa shape index (κ3) is 5.34. The van der Waals surface area contributed by atoms with Crippen molar-refractivity contribution in [3.05, 3.63) is 28.9 Å². The molecule has 2 aliphatic carbocycles. The van der Waals surface area contributed by atoms with Gasteiger partial charge < -0.3 is 10.4 Å². The van der Waals surface area contributed by atoms with Gasteiger partial charge >= 0.3 is 0 Å². The summed E-state index contributed by atoms with van der Waals surface area (Å²) in [5.41, 5.74) is 1.40. The van der Waals surface area contributed by atoms with E-state index < -0.39 is 10.0 Å². The molecule has 2 aliphatic rings. The maximum Gasteiger partial charge on any atom is 0.242 e. The second kappa shape index (κ2) is 9.77. The molecule has 32 heavy (non-hydrogen) atoms. The normalized spacial score (nSPS) is 22.2. The number of thiazole rings is 1. The summed E-state index contributed by atoms with van der Waals surface area (Å²) in [5.74, 6) is 0.0471. The molecule has 0 atom stereocenters. The van der Waals surface area contributed by atoms with Gasteiger partial charge in [0.1, 0.15) is 4.90 Å². The first kappa shape index (κ1) is 23.6. The van der Waals surface area contributed by atoms with Crippen LogP contribution in [0.1, 0.15) is 57.1 Å². The Morgan fingerprint density at radius 1 is 1.16 bits per heavy atom. The Kier molecular flexibility index (Phi) is 7.21. The van der Waals surface area contributed by atoms with Gasteiger partial charge in [-0.25, -0.2) is 18.1 Å². The molecule has 2 saturated carbocycles. The Morgan fingerprint density at radius 3 is 2.53 bits per heavy atom. The molecule has 0 aliphatic heterocycles. The SMILES string of the molecule is Cc1nc(NC(=O)C2CCCC2)sc1-c1ccc(Cl)c(S(=O)(=O)NC2CCC(O)CC2)c1. The van der Waals surface area contributed by atoms with Gasteiger partial charge in [-0.05, 0) is 63.1 Å². The van der Waals surface area contributed by atoms with Gasteiger partial charge in [-0.2, -0.15) is 0 Å². The lowest BCUT2D eigenvalue weighted by Crippen LogP contribution is -2.38. The van der Waals surface area contributed by atoms with E-state index in [1.165, 1.54) is 11.3 Å². The van der Waals surface area contributed by atoms with E-state index in [0.29, 0.717) is 36.4 Å². The Balaban J connectivity index is 1.54. The van der Waals surface area contributed by atoms with Crippen LogP contribution >= 0.6 is 22.9 Å². The summed E-state index contributed by atoms with van der Waals surface area (Å²) in [6, 6.07) is 4.68. The van der Waals surface area contributed by atoms with Crippen molar-refractivity contribution < 1.29 is 18.3 Å². The largest absolute Gasteiger partial charge is 0.393 e. The summed E-state index contributed by atoms with van der Waals surface area (Å²) >= 11 is 7.60. The Bertz CT molecular complexity index is 1090. The van der Waals surface area contributed by atoms with Gasteiger partial charge in [0.25, 0.3) is 0 Å². The Labute approximate surface area is 197 Å². The van der Waals surface area contributed by atoms with Crippen molar-refractivity contribution in [3.8, 4) is 10.4 Å². The molecule has 0 radical (unpaired) electrons. The summed E-state index contributed by atoms with van der Waals surface area (Å²) < 4.78 is 28.8. The number of carbonyl (C=O) groups is 1. The average molecular weight is 498 g/mol. The van der Waals surface area contributed by atoms with Crippen LogP contribution in [-0.4, -0.2) is 36.6 Å². The smallest absolute Gasteiger partial charge is 0.242 e. The second-order valence-corrected chi connectivity index (χ2v) is 11.8. The number of hydrogen-bond donors (Lipinski definition) is 3. The molecule has 0 bridgehead atoms. The molecule has 4 rings (SSSR count). The summed E-state index contributed by atoms with van der Waals surface area (Å²) in [4.78, 5) is 17.7. The van der Waals surface area contributed by atoms with E-state index in [-0.39, 0.29) is 33.9 Å². The van der Waals surface area contributed by atoms with Crippen LogP contribution in [0.5, 0.6) is 0 Å². The highest BCUT2D eigenvalue weighted by Crippen LogP contribution is 2.36. The zero-order valence-electron chi connectivity index (χ0n) is 17.9. The number of anilines is 1. The fraction of sp³-hybridized carbons (Fsp3) is 0.545. The number of aliphatic hydroxyl groups is 1. The van der Waals surface area contributed by atoms with Crippen molar-refractivity contribution in [3.63, 3.8) is 0 Å². The number of halogens is 1. The molecular weight excluding hydrogens is 470 g/mol. The van der Waals surface area contributed by atoms with Crippen molar-refractivity contribution in [1.29, 1.82) is 0 Å². The molecule has 2 fully saturated rings. The number of nitrogens with zero attached hydrogens (tertiary/aromatic N) is 1. The predicted octanol–water partition coefficient (Wildman–Crippen LogP) is 4.48. The molecule has 0 unspecified atom stereocenters. The Hall–Kier alpha value is -1.52. The highest BCUT2D eigenvalue weighted by molar-refractivity contribution is 7.89. The molecule has 7 nitrogen and oxygen atoms in total. The highest BCUT2D eigenvalue weighted by Gasteiger charge is 2.27. The zero-order chi connectivity index (χ0) is 22.9. The van der Waals surface area contributed by atoms with Gasteiger partial charge in [-0.15, -0.1) is 0 Å². The molecule has 3 N–H and O–H groups in total. The monoisotopic (exact) mass is 497 g/mol. The molecule has 1 amide bonds. The average Bonchev–Trinajstić information content (AvgIpc) is 3.40. The third-order valence-electron chi connectivity index (χ3n) is 6.25. The van der Waals surface area contributed by atoms with Crippen molar-refractivity contribution >= 4 is 44.0 Å². The number of aryl methyl sites for hydroxylation is 1. The minimum absolute atomic E-state index is 0.00368. The quantitative estimate of drug-likeness (QED) is 0.545. The summed E-state index contributed by atoms with van der Waals surface area (Å²) in [5, 5.41) is 13.3. The van der Waals surface area contributed by atoms with Gasteiger partial charge in [0.05, 0.1) is 21.7 Å². The number of benzene rings is 1. The van der Waals surface area contributed by atoms with Crippen molar-refractivity contribution in [2.24, 2.45) is 5.92 Å². The summed E-state index contributed by atoms with van der Waals surface area (Å²) in [7, 11) is -3.82. The lowest BCUT2D eigenvalue weighted by molar-refractivity contribution is -0.119. The van der Waals surface area contributed by atoms with Crippen LogP contribution in [0.4, 0.5) is 5.13 Å². The van der Waals surface area contributed by atoms with Gasteiger partial charge in [0.2, 0.25) is 15.9 Å². The molecule has 0 saturated heterocycles. The number of aliphatic hydroxyl groups excluding tert-OH is 1. The molecule has 174 valence electrons. The van der Waals surface area contributed by atoms with E-state index in [9.17, 15) is 18.3 Å². The van der Waals surface area contributed by atoms with Crippen LogP contribution in [0.2, 0.25) is 5.02 Å². The maximum atomic E-state index is 13.0. The summed E-state index contributed by atoms with van der Waals surface area (Å²) in [6.07, 6.45) is 5.97. The van der Waals surface area contributed by atoms with Gasteiger partial charge in [-0.1, -0.05) is 41.8 Å². The first-order valence-electron chi connectivity index (χ1n) is 11.0. The van der Waals surface area contributed by atoms with Crippen LogP contribution in [0.25, 0.3) is 10.4 Å². The fourth-order valence-corrected chi connectivity index (χ4v) is 7.24. The van der Waals surface area contributed by atoms with Crippen LogP contribution in [0.15, 0.2) is 23.1 Å². The lowest BCUT2D eigenvalue weighted by Gasteiger charge is -2.26. The molecule has 1 aromatic heterocycles. The van der Waals surface area contributed by atoms with Gasteiger partial charge in [-0.3, -0.25) is 4.79 Å². The van der Waals surface area contributed by atoms with E-state index in [0.717, 1.165) is 36.3 Å². The molecular formula is C22H28ClN3O4S2. The topological polar surface area (TPSA) is 108 Å². The lowest BCUT2D eigenvalue weighted by atomic mass is 9.94. The van der Waals surface area contributed by atoms with E-state index in [4.69, 9.17) is 11.6 Å². The number of sulfonamides is 1. The van der Waals surface area contributed by atoms with E-state index in [2.05, 4.69) is 15.0 Å². The van der Waals surface area contributed by atoms with E-state index in [1.54, 1.807) is 18.2 Å². The number of hydrogen-bond acceptors (Lipinski definition) is 6. The van der Waals surface area contributed by atoms with Crippen molar-refractivity contribution in [1.82, 2.24) is 9.71 Å². The Morgan fingerprint density at radius 2 is 1.84 bits per heavy atom. The van der Waals surface area contributed by atoms with Crippen LogP contribution < -0.4 is 10.0 Å². The van der Waals surface area contributed by atoms with Crippen molar-refractivity contribution in [2.75, 3.05) is 5.32 Å². The number of carbonyl (C=O) groups excluding carboxylic acids is 1. The molecule has 10 heteroatoms.